The summed E-state index contributed by atoms with van der Waals surface area (Å²) >= 11 is 0. The highest BCUT2D eigenvalue weighted by molar-refractivity contribution is 6.25. The molecule has 0 atom stereocenters. The summed E-state index contributed by atoms with van der Waals surface area (Å²) in [6.45, 7) is 4.72. The smallest absolute Gasteiger partial charge is 0.0708 e. The van der Waals surface area contributed by atoms with Crippen LogP contribution in [0, 0.1) is 0 Å². The van der Waals surface area contributed by atoms with E-state index in [1.54, 1.807) is 0 Å². The molecule has 1 aliphatic carbocycles. The van der Waals surface area contributed by atoms with Crippen molar-refractivity contribution in [2.75, 3.05) is 0 Å². The largest absolute Gasteiger partial charge is 0.256 e. The SMILES string of the molecule is CC1(C)c2cccc3ccc4ccc5c(-c6ccc(-c7ccccc7)cn6)ccc1c5c4c23. The number of hydrogen-bond donors (Lipinski definition) is 0. The maximum atomic E-state index is 4.90. The second-order valence-electron chi connectivity index (χ2n) is 9.64. The minimum absolute atomic E-state index is 0.0521. The molecule has 0 N–H and O–H groups in total. The van der Waals surface area contributed by atoms with E-state index in [0.29, 0.717) is 0 Å². The van der Waals surface area contributed by atoms with Crippen molar-refractivity contribution in [1.82, 2.24) is 4.98 Å². The van der Waals surface area contributed by atoms with Crippen LogP contribution in [0.25, 0.3) is 54.7 Å². The Balaban J connectivity index is 1.53. The van der Waals surface area contributed by atoms with Crippen LogP contribution in [0.1, 0.15) is 25.0 Å². The first-order valence-corrected chi connectivity index (χ1v) is 11.6. The zero-order chi connectivity index (χ0) is 22.2. The Morgan fingerprint density at radius 2 is 1.30 bits per heavy atom. The summed E-state index contributed by atoms with van der Waals surface area (Å²) in [6, 6.07) is 35.2. The van der Waals surface area contributed by atoms with Gasteiger partial charge in [0, 0.05) is 22.7 Å². The molecule has 0 unspecified atom stereocenters. The van der Waals surface area contributed by atoms with Gasteiger partial charge < -0.3 is 0 Å². The standard InChI is InChI=1S/C32H23N/c1-32(2)26-10-6-9-21-11-12-22-13-15-25-24(16-17-27(32)31(25)30(22)29(21)26)28-18-14-23(19-33-28)20-7-4-3-5-8-20/h3-19H,1-2H3. The average molecular weight is 422 g/mol. The fraction of sp³-hybridized carbons (Fsp3) is 0.0938. The Labute approximate surface area is 193 Å². The maximum absolute atomic E-state index is 4.90. The van der Waals surface area contributed by atoms with E-state index in [4.69, 9.17) is 4.98 Å². The van der Waals surface area contributed by atoms with E-state index < -0.39 is 0 Å². The van der Waals surface area contributed by atoms with Gasteiger partial charge in [-0.25, -0.2) is 0 Å². The minimum atomic E-state index is -0.0521. The average Bonchev–Trinajstić information content (AvgIpc) is 2.87. The van der Waals surface area contributed by atoms with Crippen molar-refractivity contribution in [3.05, 3.63) is 114 Å². The molecule has 0 saturated carbocycles. The van der Waals surface area contributed by atoms with Crippen LogP contribution < -0.4 is 0 Å². The van der Waals surface area contributed by atoms with E-state index in [2.05, 4.69) is 105 Å². The summed E-state index contributed by atoms with van der Waals surface area (Å²) < 4.78 is 0. The fourth-order valence-corrected chi connectivity index (χ4v) is 5.80. The number of benzene rings is 5. The van der Waals surface area contributed by atoms with Gasteiger partial charge in [-0.15, -0.1) is 0 Å². The van der Waals surface area contributed by atoms with Crippen LogP contribution in [0.15, 0.2) is 103 Å². The Bertz CT molecular complexity index is 1710. The molecular weight excluding hydrogens is 398 g/mol. The first kappa shape index (κ1) is 18.6. The van der Waals surface area contributed by atoms with E-state index in [-0.39, 0.29) is 5.41 Å². The lowest BCUT2D eigenvalue weighted by atomic mass is 9.69. The Kier molecular flexibility index (Phi) is 3.67. The lowest BCUT2D eigenvalue weighted by molar-refractivity contribution is 0.652. The van der Waals surface area contributed by atoms with Crippen molar-refractivity contribution in [2.45, 2.75) is 19.3 Å². The molecule has 0 bridgehead atoms. The summed E-state index contributed by atoms with van der Waals surface area (Å²) in [6.07, 6.45) is 1.99. The second-order valence-corrected chi connectivity index (χ2v) is 9.64. The van der Waals surface area contributed by atoms with Gasteiger partial charge >= 0.3 is 0 Å². The minimum Gasteiger partial charge on any atom is -0.256 e. The topological polar surface area (TPSA) is 12.9 Å². The van der Waals surface area contributed by atoms with Crippen molar-refractivity contribution < 1.29 is 0 Å². The summed E-state index contributed by atoms with van der Waals surface area (Å²) in [5, 5.41) is 8.09. The summed E-state index contributed by atoms with van der Waals surface area (Å²) in [5.74, 6) is 0. The van der Waals surface area contributed by atoms with Crippen LogP contribution in [0.2, 0.25) is 0 Å². The van der Waals surface area contributed by atoms with Gasteiger partial charge in [0.1, 0.15) is 0 Å². The van der Waals surface area contributed by atoms with Gasteiger partial charge in [-0.05, 0) is 55.1 Å². The van der Waals surface area contributed by atoms with E-state index in [1.165, 1.54) is 54.6 Å². The van der Waals surface area contributed by atoms with Gasteiger partial charge in [0.05, 0.1) is 5.69 Å². The van der Waals surface area contributed by atoms with Crippen LogP contribution in [0.4, 0.5) is 0 Å². The molecule has 1 nitrogen and oxygen atoms in total. The van der Waals surface area contributed by atoms with Gasteiger partial charge in [-0.1, -0.05) is 105 Å². The van der Waals surface area contributed by atoms with Crippen LogP contribution in [0.5, 0.6) is 0 Å². The van der Waals surface area contributed by atoms with Crippen molar-refractivity contribution in [2.24, 2.45) is 0 Å². The molecular formula is C32H23N. The van der Waals surface area contributed by atoms with E-state index >= 15 is 0 Å². The molecule has 1 aromatic heterocycles. The number of pyridine rings is 1. The molecule has 0 amide bonds. The third kappa shape index (κ3) is 2.51. The zero-order valence-corrected chi connectivity index (χ0v) is 18.8. The summed E-state index contributed by atoms with van der Waals surface area (Å²) in [4.78, 5) is 4.90. The summed E-state index contributed by atoms with van der Waals surface area (Å²) in [7, 11) is 0. The lowest BCUT2D eigenvalue weighted by Crippen LogP contribution is -2.22. The third-order valence-electron chi connectivity index (χ3n) is 7.50. The van der Waals surface area contributed by atoms with Crippen molar-refractivity contribution in [1.29, 1.82) is 0 Å². The predicted octanol–water partition coefficient (Wildman–Crippen LogP) is 8.51. The number of rotatable bonds is 2. The normalized spacial score (nSPS) is 14.0. The van der Waals surface area contributed by atoms with E-state index in [0.717, 1.165) is 11.3 Å². The number of hydrogen-bond acceptors (Lipinski definition) is 1. The van der Waals surface area contributed by atoms with Gasteiger partial charge in [0.25, 0.3) is 0 Å². The monoisotopic (exact) mass is 421 g/mol. The first-order chi connectivity index (χ1) is 16.1. The molecule has 7 rings (SSSR count). The molecule has 5 aromatic carbocycles. The maximum Gasteiger partial charge on any atom is 0.0708 e. The van der Waals surface area contributed by atoms with Gasteiger partial charge in [0.15, 0.2) is 0 Å². The van der Waals surface area contributed by atoms with Gasteiger partial charge in [0.2, 0.25) is 0 Å². The predicted molar refractivity (Wildman–Crippen MR) is 140 cm³/mol. The molecule has 33 heavy (non-hydrogen) atoms. The Morgan fingerprint density at radius 3 is 2.09 bits per heavy atom. The Morgan fingerprint density at radius 1 is 0.545 bits per heavy atom. The first-order valence-electron chi connectivity index (χ1n) is 11.6. The molecule has 0 aliphatic heterocycles. The van der Waals surface area contributed by atoms with Crippen LogP contribution in [-0.4, -0.2) is 4.98 Å². The molecule has 0 spiro atoms. The second kappa shape index (κ2) is 6.52. The highest BCUT2D eigenvalue weighted by Crippen LogP contribution is 2.50. The van der Waals surface area contributed by atoms with E-state index in [9.17, 15) is 0 Å². The van der Waals surface area contributed by atoms with Crippen LogP contribution in [-0.2, 0) is 5.41 Å². The molecule has 6 aromatic rings. The Hall–Kier alpha value is -3.97. The van der Waals surface area contributed by atoms with Gasteiger partial charge in [-0.3, -0.25) is 4.98 Å². The molecule has 156 valence electrons. The highest BCUT2D eigenvalue weighted by Gasteiger charge is 2.32. The highest BCUT2D eigenvalue weighted by atomic mass is 14.7. The van der Waals surface area contributed by atoms with Crippen molar-refractivity contribution in [3.8, 4) is 22.4 Å². The van der Waals surface area contributed by atoms with Crippen molar-refractivity contribution in [3.63, 3.8) is 0 Å². The molecule has 1 heterocycles. The molecule has 0 fully saturated rings. The van der Waals surface area contributed by atoms with E-state index in [1.807, 2.05) is 12.3 Å². The van der Waals surface area contributed by atoms with Gasteiger partial charge in [-0.2, -0.15) is 0 Å². The van der Waals surface area contributed by atoms with Crippen LogP contribution in [0.3, 0.4) is 0 Å². The quantitative estimate of drug-likeness (QED) is 0.255. The van der Waals surface area contributed by atoms with Crippen molar-refractivity contribution >= 4 is 32.3 Å². The lowest BCUT2D eigenvalue weighted by Gasteiger charge is -2.34. The zero-order valence-electron chi connectivity index (χ0n) is 18.8. The molecule has 1 heteroatoms. The molecule has 1 aliphatic rings. The summed E-state index contributed by atoms with van der Waals surface area (Å²) in [5.41, 5.74) is 7.32. The number of nitrogens with zero attached hydrogens (tertiary/aromatic N) is 1. The fourth-order valence-electron chi connectivity index (χ4n) is 5.80. The molecule has 0 radical (unpaired) electrons. The third-order valence-corrected chi connectivity index (χ3v) is 7.50. The molecule has 0 saturated heterocycles. The number of aromatic nitrogens is 1. The van der Waals surface area contributed by atoms with Crippen LogP contribution >= 0.6 is 0 Å².